The van der Waals surface area contributed by atoms with Crippen molar-refractivity contribution in [3.8, 4) is 5.75 Å². The molecule has 0 aliphatic carbocycles. The summed E-state index contributed by atoms with van der Waals surface area (Å²) in [6.07, 6.45) is 4.68. The lowest BCUT2D eigenvalue weighted by Crippen LogP contribution is -2.38. The van der Waals surface area contributed by atoms with Crippen LogP contribution >= 0.6 is 24.0 Å². The van der Waals surface area contributed by atoms with Gasteiger partial charge in [0.05, 0.1) is 7.11 Å². The topological polar surface area (TPSA) is 66.0 Å². The maximum Gasteiger partial charge on any atom is 0.222 e. The maximum atomic E-state index is 11.6. The summed E-state index contributed by atoms with van der Waals surface area (Å²) in [4.78, 5) is 18.1. The number of carbonyl (C=O) groups is 1. The number of ether oxygens (including phenoxy) is 1. The van der Waals surface area contributed by atoms with E-state index in [-0.39, 0.29) is 29.9 Å². The normalized spacial score (nSPS) is 14.1. The number of nitrogens with one attached hydrogen (secondary N) is 2. The van der Waals surface area contributed by atoms with Crippen molar-refractivity contribution in [1.82, 2.24) is 15.5 Å². The molecule has 1 aliphatic heterocycles. The molecule has 7 heteroatoms. The molecule has 152 valence electrons. The molecule has 2 rings (SSSR count). The highest BCUT2D eigenvalue weighted by Gasteiger charge is 2.18. The van der Waals surface area contributed by atoms with E-state index in [1.807, 2.05) is 17.0 Å². The predicted octanol–water partition coefficient (Wildman–Crippen LogP) is 2.81. The molecule has 1 aromatic rings. The Morgan fingerprint density at radius 1 is 1.22 bits per heavy atom. The zero-order valence-corrected chi connectivity index (χ0v) is 18.8. The van der Waals surface area contributed by atoms with E-state index in [9.17, 15) is 4.79 Å². The molecule has 1 fully saturated rings. The molecule has 6 nitrogen and oxygen atoms in total. The van der Waals surface area contributed by atoms with Crippen LogP contribution in [-0.4, -0.2) is 56.6 Å². The number of likely N-dealkylation sites (tertiary alicyclic amines) is 1. The molecule has 0 unspecified atom stereocenters. The van der Waals surface area contributed by atoms with Crippen LogP contribution in [0.1, 0.15) is 38.2 Å². The van der Waals surface area contributed by atoms with E-state index in [1.54, 1.807) is 7.11 Å². The number of aliphatic imine (C=N–C) groups is 1. The summed E-state index contributed by atoms with van der Waals surface area (Å²) in [7, 11) is 1.68. The van der Waals surface area contributed by atoms with Gasteiger partial charge in [-0.1, -0.05) is 12.1 Å². The smallest absolute Gasteiger partial charge is 0.222 e. The van der Waals surface area contributed by atoms with Crippen molar-refractivity contribution in [2.24, 2.45) is 4.99 Å². The van der Waals surface area contributed by atoms with Crippen LogP contribution in [0, 0.1) is 0 Å². The minimum atomic E-state index is 0. The molecular weight excluding hydrogens is 455 g/mol. The van der Waals surface area contributed by atoms with E-state index in [0.717, 1.165) is 70.1 Å². The van der Waals surface area contributed by atoms with Gasteiger partial charge in [-0.05, 0) is 50.3 Å². The number of amides is 1. The first-order valence-corrected chi connectivity index (χ1v) is 9.66. The monoisotopic (exact) mass is 488 g/mol. The quantitative estimate of drug-likeness (QED) is 0.230. The minimum Gasteiger partial charge on any atom is -0.497 e. The lowest BCUT2D eigenvalue weighted by molar-refractivity contribution is -0.127. The van der Waals surface area contributed by atoms with Gasteiger partial charge in [0.25, 0.3) is 0 Å². The van der Waals surface area contributed by atoms with Gasteiger partial charge in [0, 0.05) is 39.1 Å². The highest BCUT2D eigenvalue weighted by atomic mass is 127. The summed E-state index contributed by atoms with van der Waals surface area (Å²) in [5.74, 6) is 2.04. The predicted molar refractivity (Wildman–Crippen MR) is 121 cm³/mol. The molecular formula is C20H33IN4O2. The van der Waals surface area contributed by atoms with E-state index in [0.29, 0.717) is 6.42 Å². The molecule has 0 spiro atoms. The number of hydrogen-bond donors (Lipinski definition) is 2. The highest BCUT2D eigenvalue weighted by molar-refractivity contribution is 14.0. The number of halogens is 1. The average molecular weight is 488 g/mol. The van der Waals surface area contributed by atoms with E-state index in [2.05, 4.69) is 34.7 Å². The second-order valence-electron chi connectivity index (χ2n) is 6.48. The van der Waals surface area contributed by atoms with Gasteiger partial charge in [-0.25, -0.2) is 0 Å². The van der Waals surface area contributed by atoms with Gasteiger partial charge in [0.2, 0.25) is 5.91 Å². The van der Waals surface area contributed by atoms with Crippen LogP contribution in [0.4, 0.5) is 0 Å². The Morgan fingerprint density at radius 3 is 2.63 bits per heavy atom. The average Bonchev–Trinajstić information content (AvgIpc) is 3.07. The molecule has 0 radical (unpaired) electrons. The summed E-state index contributed by atoms with van der Waals surface area (Å²) in [5, 5.41) is 6.66. The van der Waals surface area contributed by atoms with Crippen molar-refractivity contribution in [3.05, 3.63) is 29.8 Å². The molecule has 2 N–H and O–H groups in total. The Labute approximate surface area is 180 Å². The second kappa shape index (κ2) is 13.6. The maximum absolute atomic E-state index is 11.6. The van der Waals surface area contributed by atoms with Gasteiger partial charge in [-0.2, -0.15) is 0 Å². The van der Waals surface area contributed by atoms with Gasteiger partial charge in [-0.3, -0.25) is 9.79 Å². The molecule has 0 atom stereocenters. The summed E-state index contributed by atoms with van der Waals surface area (Å²) < 4.78 is 5.18. The lowest BCUT2D eigenvalue weighted by Gasteiger charge is -2.15. The van der Waals surface area contributed by atoms with Crippen LogP contribution in [0.5, 0.6) is 5.75 Å². The first-order valence-electron chi connectivity index (χ1n) is 9.66. The number of nitrogens with zero attached hydrogens (tertiary/aromatic N) is 2. The zero-order chi connectivity index (χ0) is 18.6. The van der Waals surface area contributed by atoms with Gasteiger partial charge < -0.3 is 20.3 Å². The standard InChI is InChI=1S/C20H32N4O2.HI/c1-3-21-20(23-14-6-16-24-15-5-8-19(24)25)22-13-4-7-17-9-11-18(26-2)12-10-17;/h9-12H,3-8,13-16H2,1-2H3,(H2,21,22,23);1H. The summed E-state index contributed by atoms with van der Waals surface area (Å²) in [6.45, 7) is 6.25. The summed E-state index contributed by atoms with van der Waals surface area (Å²) >= 11 is 0. The fourth-order valence-electron chi connectivity index (χ4n) is 3.03. The van der Waals surface area contributed by atoms with E-state index in [4.69, 9.17) is 4.74 Å². The fourth-order valence-corrected chi connectivity index (χ4v) is 3.03. The number of benzene rings is 1. The van der Waals surface area contributed by atoms with Crippen LogP contribution in [0.2, 0.25) is 0 Å². The van der Waals surface area contributed by atoms with Crippen molar-refractivity contribution in [2.75, 3.05) is 39.8 Å². The van der Waals surface area contributed by atoms with E-state index >= 15 is 0 Å². The number of carbonyl (C=O) groups excluding carboxylic acids is 1. The first-order chi connectivity index (χ1) is 12.7. The van der Waals surface area contributed by atoms with Crippen molar-refractivity contribution in [3.63, 3.8) is 0 Å². The van der Waals surface area contributed by atoms with Crippen LogP contribution in [0.15, 0.2) is 29.3 Å². The highest BCUT2D eigenvalue weighted by Crippen LogP contribution is 2.12. The van der Waals surface area contributed by atoms with Gasteiger partial charge in [-0.15, -0.1) is 24.0 Å². The molecule has 0 aromatic heterocycles. The number of aryl methyl sites for hydroxylation is 1. The third kappa shape index (κ3) is 8.81. The first kappa shape index (κ1) is 23.5. The van der Waals surface area contributed by atoms with Gasteiger partial charge in [0.15, 0.2) is 5.96 Å². The van der Waals surface area contributed by atoms with Crippen LogP contribution in [0.25, 0.3) is 0 Å². The Hall–Kier alpha value is -1.51. The largest absolute Gasteiger partial charge is 0.497 e. The molecule has 0 bridgehead atoms. The number of methoxy groups -OCH3 is 1. The van der Waals surface area contributed by atoms with Crippen molar-refractivity contribution in [1.29, 1.82) is 0 Å². The fraction of sp³-hybridized carbons (Fsp3) is 0.600. The summed E-state index contributed by atoms with van der Waals surface area (Å²) in [5.41, 5.74) is 1.31. The third-order valence-electron chi connectivity index (χ3n) is 4.47. The van der Waals surface area contributed by atoms with Crippen LogP contribution < -0.4 is 15.4 Å². The Morgan fingerprint density at radius 2 is 2.00 bits per heavy atom. The Balaban J connectivity index is 0.00000364. The van der Waals surface area contributed by atoms with Gasteiger partial charge >= 0.3 is 0 Å². The van der Waals surface area contributed by atoms with Crippen molar-refractivity contribution in [2.45, 2.75) is 39.0 Å². The lowest BCUT2D eigenvalue weighted by atomic mass is 10.1. The van der Waals surface area contributed by atoms with Crippen LogP contribution in [0.3, 0.4) is 0 Å². The Bertz CT molecular complexity index is 578. The van der Waals surface area contributed by atoms with Gasteiger partial charge in [0.1, 0.15) is 5.75 Å². The van der Waals surface area contributed by atoms with E-state index in [1.165, 1.54) is 5.56 Å². The number of rotatable bonds is 10. The van der Waals surface area contributed by atoms with E-state index < -0.39 is 0 Å². The molecule has 1 saturated heterocycles. The van der Waals surface area contributed by atoms with Crippen LogP contribution in [-0.2, 0) is 11.2 Å². The SMILES string of the molecule is CCNC(=NCCCN1CCCC1=O)NCCCc1ccc(OC)cc1.I. The molecule has 1 amide bonds. The molecule has 1 aliphatic rings. The second-order valence-corrected chi connectivity index (χ2v) is 6.48. The Kier molecular flexibility index (Phi) is 11.9. The molecule has 1 aromatic carbocycles. The zero-order valence-electron chi connectivity index (χ0n) is 16.5. The van der Waals surface area contributed by atoms with Crippen molar-refractivity contribution >= 4 is 35.8 Å². The summed E-state index contributed by atoms with van der Waals surface area (Å²) in [6, 6.07) is 8.22. The molecule has 0 saturated carbocycles. The minimum absolute atomic E-state index is 0. The number of hydrogen-bond acceptors (Lipinski definition) is 3. The molecule has 1 heterocycles. The number of guanidine groups is 1. The third-order valence-corrected chi connectivity index (χ3v) is 4.47. The van der Waals surface area contributed by atoms with Crippen molar-refractivity contribution < 1.29 is 9.53 Å². The molecule has 27 heavy (non-hydrogen) atoms.